The van der Waals surface area contributed by atoms with E-state index in [0.29, 0.717) is 13.2 Å². The Morgan fingerprint density at radius 3 is 1.74 bits per heavy atom. The van der Waals surface area contributed by atoms with Crippen LogP contribution in [0, 0.1) is 0 Å². The van der Waals surface area contributed by atoms with Gasteiger partial charge in [0, 0.05) is 42.2 Å². The van der Waals surface area contributed by atoms with Crippen molar-refractivity contribution in [3.8, 4) is 0 Å². The molecule has 0 aliphatic heterocycles. The highest BCUT2D eigenvalue weighted by Crippen LogP contribution is 2.41. The Balaban J connectivity index is -0.000000284. The maximum absolute atomic E-state index is 10.5. The molecule has 0 fully saturated rings. The topological polar surface area (TPSA) is 122 Å². The lowest BCUT2D eigenvalue weighted by Gasteiger charge is -2.07. The summed E-state index contributed by atoms with van der Waals surface area (Å²) in [5, 5.41) is 0. The first kappa shape index (κ1) is 28.1. The Morgan fingerprint density at radius 2 is 1.39 bits per heavy atom. The SMILES string of the molecule is CCOC.COCCOP(=O)(O)OC.COCCOP(O)OC. The molecule has 0 amide bonds. The second-order valence-electron chi connectivity index (χ2n) is 3.30. The van der Waals surface area contributed by atoms with Crippen LogP contribution in [0.3, 0.4) is 0 Å². The molecule has 0 saturated carbocycles. The van der Waals surface area contributed by atoms with Gasteiger partial charge in [0.05, 0.1) is 26.4 Å². The van der Waals surface area contributed by atoms with E-state index in [9.17, 15) is 4.57 Å². The molecule has 2 N–H and O–H groups in total. The Morgan fingerprint density at radius 1 is 0.913 bits per heavy atom. The summed E-state index contributed by atoms with van der Waals surface area (Å²) >= 11 is 0. The Kier molecular flexibility index (Phi) is 27.3. The molecule has 144 valence electrons. The summed E-state index contributed by atoms with van der Waals surface area (Å²) in [4.78, 5) is 17.3. The van der Waals surface area contributed by atoms with Gasteiger partial charge in [-0.15, -0.1) is 0 Å². The van der Waals surface area contributed by atoms with Crippen molar-refractivity contribution in [3.05, 3.63) is 0 Å². The summed E-state index contributed by atoms with van der Waals surface area (Å²) in [6, 6.07) is 0. The molecule has 0 saturated heterocycles. The van der Waals surface area contributed by atoms with Gasteiger partial charge in [0.25, 0.3) is 0 Å². The van der Waals surface area contributed by atoms with Gasteiger partial charge in [0.15, 0.2) is 0 Å². The van der Waals surface area contributed by atoms with E-state index in [4.69, 9.17) is 14.3 Å². The van der Waals surface area contributed by atoms with Crippen LogP contribution in [0.4, 0.5) is 0 Å². The zero-order valence-electron chi connectivity index (χ0n) is 14.6. The van der Waals surface area contributed by atoms with E-state index in [2.05, 4.69) is 27.8 Å². The molecule has 0 aromatic heterocycles. The lowest BCUT2D eigenvalue weighted by molar-refractivity contribution is 0.112. The number of phosphoric acid groups is 1. The normalized spacial score (nSPS) is 13.9. The highest BCUT2D eigenvalue weighted by molar-refractivity contribution is 7.47. The molecule has 0 aliphatic carbocycles. The Hall–Kier alpha value is 0.300. The quantitative estimate of drug-likeness (QED) is 0.401. The number of phosphoric ester groups is 1. The fourth-order valence-corrected chi connectivity index (χ4v) is 1.29. The van der Waals surface area contributed by atoms with Crippen LogP contribution in [0.15, 0.2) is 0 Å². The van der Waals surface area contributed by atoms with Gasteiger partial charge in [-0.3, -0.25) is 9.05 Å². The third-order valence-electron chi connectivity index (χ3n) is 1.71. The molecule has 0 aromatic carbocycles. The minimum absolute atomic E-state index is 0.0537. The first-order chi connectivity index (χ1) is 10.8. The number of hydrogen-bond acceptors (Lipinski definition) is 9. The van der Waals surface area contributed by atoms with Crippen LogP contribution in [0.2, 0.25) is 0 Å². The summed E-state index contributed by atoms with van der Waals surface area (Å²) in [6.45, 7) is 3.95. The van der Waals surface area contributed by atoms with Crippen molar-refractivity contribution in [1.82, 2.24) is 0 Å². The van der Waals surface area contributed by atoms with Gasteiger partial charge >= 0.3 is 16.4 Å². The first-order valence-corrected chi connectivity index (χ1v) is 9.13. The monoisotopic (exact) mass is 384 g/mol. The van der Waals surface area contributed by atoms with Crippen LogP contribution in [-0.4, -0.2) is 78.4 Å². The largest absolute Gasteiger partial charge is 0.471 e. The highest BCUT2D eigenvalue weighted by Gasteiger charge is 2.16. The molecule has 12 heteroatoms. The van der Waals surface area contributed by atoms with Crippen LogP contribution >= 0.6 is 16.4 Å². The van der Waals surface area contributed by atoms with Gasteiger partial charge in [-0.2, -0.15) is 0 Å². The Labute approximate surface area is 139 Å². The maximum Gasteiger partial charge on any atom is 0.471 e. The molecule has 0 aromatic rings. The van der Waals surface area contributed by atoms with E-state index >= 15 is 0 Å². The van der Waals surface area contributed by atoms with Crippen molar-refractivity contribution < 1.29 is 46.7 Å². The second kappa shape index (κ2) is 22.3. The van der Waals surface area contributed by atoms with Gasteiger partial charge < -0.3 is 33.0 Å². The lowest BCUT2D eigenvalue weighted by Crippen LogP contribution is -2.00. The van der Waals surface area contributed by atoms with E-state index in [1.165, 1.54) is 14.2 Å². The van der Waals surface area contributed by atoms with Crippen molar-refractivity contribution in [3.63, 3.8) is 0 Å². The summed E-state index contributed by atoms with van der Waals surface area (Å²) < 4.78 is 41.9. The zero-order valence-corrected chi connectivity index (χ0v) is 16.4. The number of ether oxygens (including phenoxy) is 3. The Bertz CT molecular complexity index is 255. The summed E-state index contributed by atoms with van der Waals surface area (Å²) in [5.74, 6) is 0. The van der Waals surface area contributed by atoms with Crippen molar-refractivity contribution in [2.24, 2.45) is 0 Å². The van der Waals surface area contributed by atoms with Crippen molar-refractivity contribution in [2.45, 2.75) is 6.92 Å². The van der Waals surface area contributed by atoms with Gasteiger partial charge in [-0.05, 0) is 6.92 Å². The van der Waals surface area contributed by atoms with Crippen LogP contribution < -0.4 is 0 Å². The summed E-state index contributed by atoms with van der Waals surface area (Å²) in [6.07, 6.45) is 0. The molecule has 2 atom stereocenters. The smallest absolute Gasteiger partial charge is 0.385 e. The van der Waals surface area contributed by atoms with E-state index in [0.717, 1.165) is 13.7 Å². The van der Waals surface area contributed by atoms with Gasteiger partial charge in [0.2, 0.25) is 0 Å². The zero-order chi connectivity index (χ0) is 18.6. The molecule has 0 heterocycles. The average molecular weight is 384 g/mol. The fraction of sp³-hybridized carbons (Fsp3) is 1.00. The highest BCUT2D eigenvalue weighted by atomic mass is 31.2. The van der Waals surface area contributed by atoms with Crippen LogP contribution in [0.25, 0.3) is 0 Å². The predicted molar refractivity (Wildman–Crippen MR) is 86.2 cm³/mol. The molecule has 0 bridgehead atoms. The van der Waals surface area contributed by atoms with E-state index in [1.807, 2.05) is 6.92 Å². The molecule has 2 unspecified atom stereocenters. The van der Waals surface area contributed by atoms with Gasteiger partial charge in [-0.25, -0.2) is 4.57 Å². The van der Waals surface area contributed by atoms with E-state index < -0.39 is 16.4 Å². The number of rotatable bonds is 11. The van der Waals surface area contributed by atoms with Crippen molar-refractivity contribution in [1.29, 1.82) is 0 Å². The van der Waals surface area contributed by atoms with Crippen LogP contribution in [-0.2, 0) is 36.9 Å². The molecule has 0 radical (unpaired) electrons. The molecule has 23 heavy (non-hydrogen) atoms. The molecule has 0 spiro atoms. The van der Waals surface area contributed by atoms with E-state index in [1.54, 1.807) is 14.2 Å². The number of methoxy groups -OCH3 is 3. The van der Waals surface area contributed by atoms with Crippen LogP contribution in [0.5, 0.6) is 0 Å². The molecule has 0 aliphatic rings. The third kappa shape index (κ3) is 30.7. The van der Waals surface area contributed by atoms with Gasteiger partial charge in [-0.1, -0.05) is 0 Å². The minimum Gasteiger partial charge on any atom is -0.385 e. The molecule has 10 nitrogen and oxygen atoms in total. The fourth-order valence-electron chi connectivity index (χ4n) is 0.540. The predicted octanol–water partition coefficient (Wildman–Crippen LogP) is 1.56. The standard InChI is InChI=1S/C4H11O5P.C4H11O4P.C3H8O/c1-7-3-4-9-10(5,6)8-2;1-6-3-4-8-9(5)7-2;1-3-4-2/h3-4H2,1-2H3,(H,5,6);5H,3-4H2,1-2H3;3H2,1-2H3. The maximum atomic E-state index is 10.5. The van der Waals surface area contributed by atoms with Crippen molar-refractivity contribution >= 4 is 16.4 Å². The summed E-state index contributed by atoms with van der Waals surface area (Å²) in [5.41, 5.74) is 0. The van der Waals surface area contributed by atoms with Crippen LogP contribution in [0.1, 0.15) is 6.92 Å². The third-order valence-corrected chi connectivity index (χ3v) is 3.39. The number of hydrogen-bond donors (Lipinski definition) is 2. The molecular formula is C11H30O10P2. The molecular weight excluding hydrogens is 354 g/mol. The molecule has 0 rings (SSSR count). The minimum atomic E-state index is -3.78. The first-order valence-electron chi connectivity index (χ1n) is 6.50. The second-order valence-corrected chi connectivity index (χ2v) is 5.96. The summed E-state index contributed by atoms with van der Waals surface area (Å²) in [7, 11) is 1.76. The van der Waals surface area contributed by atoms with Crippen molar-refractivity contribution in [2.75, 3.05) is 68.6 Å². The average Bonchev–Trinajstić information content (AvgIpc) is 2.56. The van der Waals surface area contributed by atoms with Gasteiger partial charge in [0.1, 0.15) is 0 Å². The van der Waals surface area contributed by atoms with E-state index in [-0.39, 0.29) is 13.2 Å². The lowest BCUT2D eigenvalue weighted by atomic mass is 10.8.